The molecule has 1 aromatic heterocycles. The molecule has 4 fully saturated rings. The average molecular weight is 762 g/mol. The van der Waals surface area contributed by atoms with Gasteiger partial charge in [-0.15, -0.1) is 0 Å². The number of rotatable bonds is 7. The molecule has 12 heteroatoms. The van der Waals surface area contributed by atoms with E-state index in [1.54, 1.807) is 24.3 Å². The van der Waals surface area contributed by atoms with Crippen molar-refractivity contribution in [2.45, 2.75) is 61.2 Å². The van der Waals surface area contributed by atoms with Crippen LogP contribution < -0.4 is 20.0 Å². The maximum absolute atomic E-state index is 11.7. The summed E-state index contributed by atoms with van der Waals surface area (Å²) in [4.78, 5) is 12.5. The fourth-order valence-electron chi connectivity index (χ4n) is 8.94. The van der Waals surface area contributed by atoms with E-state index in [2.05, 4.69) is 25.0 Å². The molecule has 0 spiro atoms. The first-order chi connectivity index (χ1) is 25.5. The van der Waals surface area contributed by atoms with E-state index >= 15 is 0 Å². The van der Waals surface area contributed by atoms with E-state index in [0.717, 1.165) is 91.4 Å². The molecule has 0 saturated carbocycles. The second kappa shape index (κ2) is 16.4. The van der Waals surface area contributed by atoms with E-state index in [9.17, 15) is 16.8 Å². The van der Waals surface area contributed by atoms with Crippen molar-refractivity contribution < 1.29 is 21.3 Å². The van der Waals surface area contributed by atoms with Gasteiger partial charge in [0.25, 0.3) is 6.01 Å². The number of hydrogen-bond donors (Lipinski definition) is 1. The third-order valence-electron chi connectivity index (χ3n) is 12.1. The Hall–Kier alpha value is -3.61. The number of nitrogens with one attached hydrogen (secondary N) is 1. The van der Waals surface area contributed by atoms with Crippen molar-refractivity contribution in [1.82, 2.24) is 10.3 Å². The van der Waals surface area contributed by atoms with Crippen molar-refractivity contribution in [3.63, 3.8) is 0 Å². The maximum atomic E-state index is 11.7. The van der Waals surface area contributed by atoms with Crippen LogP contribution in [0.1, 0.15) is 51.4 Å². The Kier molecular flexibility index (Phi) is 11.7. The number of para-hydroxylation sites is 2. The minimum Gasteiger partial charge on any atom is -0.423 e. The van der Waals surface area contributed by atoms with Gasteiger partial charge in [0, 0.05) is 63.2 Å². The quantitative estimate of drug-likeness (QED) is 0.219. The highest BCUT2D eigenvalue weighted by Crippen LogP contribution is 2.36. The van der Waals surface area contributed by atoms with E-state index < -0.39 is 19.7 Å². The van der Waals surface area contributed by atoms with Crippen molar-refractivity contribution in [3.8, 4) is 0 Å². The van der Waals surface area contributed by atoms with Crippen molar-refractivity contribution >= 4 is 48.2 Å². The summed E-state index contributed by atoms with van der Waals surface area (Å²) in [7, 11) is -6.24. The van der Waals surface area contributed by atoms with Crippen molar-refractivity contribution in [2.24, 2.45) is 23.7 Å². The van der Waals surface area contributed by atoms with Gasteiger partial charge in [-0.1, -0.05) is 12.1 Å². The van der Waals surface area contributed by atoms with Gasteiger partial charge in [-0.3, -0.25) is 0 Å². The van der Waals surface area contributed by atoms with Crippen molar-refractivity contribution in [2.75, 3.05) is 79.6 Å². The molecule has 8 rings (SSSR count). The summed E-state index contributed by atoms with van der Waals surface area (Å²) in [5.41, 5.74) is 4.06. The molecular formula is C41H55N5O5S2. The summed E-state index contributed by atoms with van der Waals surface area (Å²) in [6.07, 6.45) is 12.5. The highest BCUT2D eigenvalue weighted by molar-refractivity contribution is 7.91. The normalized spacial score (nSPS) is 20.4. The molecule has 53 heavy (non-hydrogen) atoms. The smallest absolute Gasteiger partial charge is 0.298 e. The molecule has 4 aliphatic heterocycles. The fraction of sp³-hybridized carbons (Fsp3) is 0.537. The number of piperidine rings is 4. The Morgan fingerprint density at radius 3 is 1.36 bits per heavy atom. The molecule has 4 saturated heterocycles. The molecule has 0 aliphatic carbocycles. The van der Waals surface area contributed by atoms with Crippen molar-refractivity contribution in [3.05, 3.63) is 72.8 Å². The molecule has 0 bridgehead atoms. The van der Waals surface area contributed by atoms with Crippen LogP contribution in [-0.4, -0.2) is 86.7 Å². The number of aromatic nitrogens is 1. The van der Waals surface area contributed by atoms with Gasteiger partial charge in [0.15, 0.2) is 25.3 Å². The van der Waals surface area contributed by atoms with E-state index in [0.29, 0.717) is 9.79 Å². The second-order valence-corrected chi connectivity index (χ2v) is 19.6. The summed E-state index contributed by atoms with van der Waals surface area (Å²) in [6.45, 7) is 8.62. The van der Waals surface area contributed by atoms with Gasteiger partial charge < -0.3 is 24.4 Å². The molecule has 5 heterocycles. The average Bonchev–Trinajstić information content (AvgIpc) is 3.63. The lowest BCUT2D eigenvalue weighted by atomic mass is 9.79. The van der Waals surface area contributed by atoms with Crippen LogP contribution in [-0.2, 0) is 19.7 Å². The topological polar surface area (TPSA) is 116 Å². The zero-order valence-electron chi connectivity index (χ0n) is 31.2. The molecule has 10 nitrogen and oxygen atoms in total. The highest BCUT2D eigenvalue weighted by Gasteiger charge is 2.31. The zero-order chi connectivity index (χ0) is 37.0. The van der Waals surface area contributed by atoms with Crippen LogP contribution in [0.15, 0.2) is 87.0 Å². The van der Waals surface area contributed by atoms with Crippen LogP contribution in [0, 0.1) is 23.7 Å². The Balaban J connectivity index is 0.000000174. The van der Waals surface area contributed by atoms with E-state index in [-0.39, 0.29) is 0 Å². The van der Waals surface area contributed by atoms with E-state index in [1.807, 2.05) is 48.5 Å². The van der Waals surface area contributed by atoms with E-state index in [4.69, 9.17) is 4.42 Å². The minimum absolute atomic E-state index is 0.386. The monoisotopic (exact) mass is 761 g/mol. The molecular weight excluding hydrogens is 707 g/mol. The van der Waals surface area contributed by atoms with Gasteiger partial charge in [-0.25, -0.2) is 16.8 Å². The molecule has 286 valence electrons. The molecule has 3 aromatic carbocycles. The summed E-state index contributed by atoms with van der Waals surface area (Å²) >= 11 is 0. The fourth-order valence-corrected chi connectivity index (χ4v) is 10.2. The molecule has 4 aliphatic rings. The van der Waals surface area contributed by atoms with Gasteiger partial charge >= 0.3 is 0 Å². The van der Waals surface area contributed by atoms with E-state index in [1.165, 1.54) is 77.0 Å². The molecule has 4 aromatic rings. The minimum atomic E-state index is -3.14. The molecule has 1 N–H and O–H groups in total. The molecule has 0 unspecified atom stereocenters. The lowest BCUT2D eigenvalue weighted by Crippen LogP contribution is -2.41. The Bertz CT molecular complexity index is 1970. The Morgan fingerprint density at radius 1 is 0.547 bits per heavy atom. The third-order valence-corrected chi connectivity index (χ3v) is 14.4. The molecule has 0 atom stereocenters. The number of anilines is 3. The predicted molar refractivity (Wildman–Crippen MR) is 214 cm³/mol. The first-order valence-corrected chi connectivity index (χ1v) is 23.2. The van der Waals surface area contributed by atoms with Crippen LogP contribution in [0.25, 0.3) is 11.1 Å². The van der Waals surface area contributed by atoms with Gasteiger partial charge in [0.05, 0.1) is 9.79 Å². The summed E-state index contributed by atoms with van der Waals surface area (Å²) < 4.78 is 52.3. The predicted octanol–water partition coefficient (Wildman–Crippen LogP) is 6.67. The van der Waals surface area contributed by atoms with Crippen LogP contribution in [0.5, 0.6) is 0 Å². The Labute approximate surface area is 315 Å². The lowest BCUT2D eigenvalue weighted by molar-refractivity contribution is 0.222. The number of sulfone groups is 2. The van der Waals surface area contributed by atoms with Crippen LogP contribution in [0.4, 0.5) is 17.4 Å². The summed E-state index contributed by atoms with van der Waals surface area (Å²) in [5, 5.41) is 3.45. The zero-order valence-corrected chi connectivity index (χ0v) is 32.8. The molecule has 0 amide bonds. The maximum Gasteiger partial charge on any atom is 0.298 e. The van der Waals surface area contributed by atoms with Crippen LogP contribution in [0.3, 0.4) is 0 Å². The largest absolute Gasteiger partial charge is 0.423 e. The van der Waals surface area contributed by atoms with Crippen molar-refractivity contribution in [1.29, 1.82) is 0 Å². The Morgan fingerprint density at radius 2 is 0.943 bits per heavy atom. The summed E-state index contributed by atoms with van der Waals surface area (Å²) in [6, 6.07) is 23.4. The van der Waals surface area contributed by atoms with Gasteiger partial charge in [-0.2, -0.15) is 4.98 Å². The van der Waals surface area contributed by atoms with Crippen LogP contribution in [0.2, 0.25) is 0 Å². The van der Waals surface area contributed by atoms with Crippen LogP contribution >= 0.6 is 0 Å². The first-order valence-electron chi connectivity index (χ1n) is 19.4. The molecule has 0 radical (unpaired) electrons. The summed E-state index contributed by atoms with van der Waals surface area (Å²) in [5.74, 6) is 3.29. The number of oxazole rings is 1. The number of benzene rings is 3. The second-order valence-electron chi connectivity index (χ2n) is 15.6. The highest BCUT2D eigenvalue weighted by atomic mass is 32.2. The number of nitrogens with zero attached hydrogens (tertiary/aromatic N) is 4. The SMILES string of the molecule is CS(=O)(=O)c1ccc(N2CCC(C3CCN(c4nc5ccccc5o4)CC3)CC2)cc1.CS(=O)(=O)c1ccc(N2CCC(C3CCNCC3)CC2)cc1. The number of hydrogen-bond acceptors (Lipinski definition) is 10. The van der Waals surface area contributed by atoms with Gasteiger partial charge in [0.1, 0.15) is 5.52 Å². The first kappa shape index (κ1) is 37.7. The lowest BCUT2D eigenvalue weighted by Gasteiger charge is -2.40. The third kappa shape index (κ3) is 9.38. The van der Waals surface area contributed by atoms with Gasteiger partial charge in [0.2, 0.25) is 0 Å². The standard InChI is InChI=1S/C24H29N3O3S.C17H26N2O2S/c1-31(28,29)21-8-6-20(7-9-21)26-14-10-18(11-15-26)19-12-16-27(17-13-19)24-25-22-4-2-3-5-23(22)30-24;1-22(20,21)17-4-2-16(3-5-17)19-12-8-15(9-13-19)14-6-10-18-11-7-14/h2-9,18-19H,10-17H2,1H3;2-5,14-15,18H,6-13H2,1H3. The number of fused-ring (bicyclic) bond motifs is 1. The van der Waals surface area contributed by atoms with Gasteiger partial charge in [-0.05, 0) is 149 Å².